The van der Waals surface area contributed by atoms with Crippen molar-refractivity contribution in [1.29, 1.82) is 0 Å². The van der Waals surface area contributed by atoms with Crippen LogP contribution in [0.15, 0.2) is 18.2 Å². The zero-order valence-corrected chi connectivity index (χ0v) is 11.9. The lowest BCUT2D eigenvalue weighted by molar-refractivity contribution is 0.0916. The fraction of sp³-hybridized carbons (Fsp3) is 0.400. The molecule has 4 nitrogen and oxygen atoms in total. The Balaban J connectivity index is 2.35. The van der Waals surface area contributed by atoms with Gasteiger partial charge in [0.15, 0.2) is 0 Å². The first kappa shape index (κ1) is 13.6. The summed E-state index contributed by atoms with van der Waals surface area (Å²) in [6, 6.07) is 5.70. The van der Waals surface area contributed by atoms with Crippen molar-refractivity contribution in [1.82, 2.24) is 10.3 Å². The Hall–Kier alpha value is -1.81. The van der Waals surface area contributed by atoms with E-state index in [1.165, 1.54) is 5.56 Å². The molecule has 0 aliphatic heterocycles. The van der Waals surface area contributed by atoms with Gasteiger partial charge in [-0.1, -0.05) is 0 Å². The fourth-order valence-electron chi connectivity index (χ4n) is 2.03. The minimum Gasteiger partial charge on any atom is -0.358 e. The molecule has 0 fully saturated rings. The third-order valence-electron chi connectivity index (χ3n) is 3.53. The van der Waals surface area contributed by atoms with Crippen molar-refractivity contribution in [3.8, 4) is 0 Å². The van der Waals surface area contributed by atoms with Crippen molar-refractivity contribution in [3.05, 3.63) is 35.0 Å². The highest BCUT2D eigenvalue weighted by atomic mass is 16.1. The molecule has 4 heteroatoms. The van der Waals surface area contributed by atoms with E-state index in [0.29, 0.717) is 12.1 Å². The van der Waals surface area contributed by atoms with Crippen LogP contribution in [0.2, 0.25) is 0 Å². The maximum Gasteiger partial charge on any atom is 0.251 e. The number of fused-ring (bicyclic) bond motifs is 1. The second-order valence-corrected chi connectivity index (χ2v) is 5.68. The molecule has 1 aromatic heterocycles. The number of aryl methyl sites for hydroxylation is 2. The van der Waals surface area contributed by atoms with Crippen molar-refractivity contribution in [2.75, 3.05) is 6.54 Å². The summed E-state index contributed by atoms with van der Waals surface area (Å²) in [5, 5.41) is 4.03. The summed E-state index contributed by atoms with van der Waals surface area (Å²) in [6.45, 7) is 8.32. The Kier molecular flexibility index (Phi) is 3.37. The van der Waals surface area contributed by atoms with Crippen LogP contribution >= 0.6 is 0 Å². The van der Waals surface area contributed by atoms with E-state index in [-0.39, 0.29) is 5.91 Å². The van der Waals surface area contributed by atoms with Gasteiger partial charge in [-0.15, -0.1) is 0 Å². The van der Waals surface area contributed by atoms with Crippen molar-refractivity contribution in [2.45, 2.75) is 33.2 Å². The first-order valence-electron chi connectivity index (χ1n) is 6.45. The largest absolute Gasteiger partial charge is 0.358 e. The number of hydrogen-bond donors (Lipinski definition) is 3. The van der Waals surface area contributed by atoms with E-state index in [9.17, 15) is 4.79 Å². The van der Waals surface area contributed by atoms with Crippen LogP contribution in [-0.2, 0) is 0 Å². The summed E-state index contributed by atoms with van der Waals surface area (Å²) in [5.41, 5.74) is 9.28. The third kappa shape index (κ3) is 2.63. The summed E-state index contributed by atoms with van der Waals surface area (Å²) in [5.74, 6) is -0.0874. The standard InChI is InChI=1S/C15H21N3O/c1-9-10(2)17-13-6-5-11(7-12(9)13)14(19)18-15(3,4)8-16/h5-7,17H,8,16H2,1-4H3,(H,18,19). The number of benzene rings is 1. The molecule has 1 heterocycles. The highest BCUT2D eigenvalue weighted by molar-refractivity contribution is 5.99. The van der Waals surface area contributed by atoms with Crippen LogP contribution in [0, 0.1) is 13.8 Å². The number of nitrogens with one attached hydrogen (secondary N) is 2. The smallest absolute Gasteiger partial charge is 0.251 e. The quantitative estimate of drug-likeness (QED) is 0.791. The highest BCUT2D eigenvalue weighted by Gasteiger charge is 2.19. The molecule has 2 aromatic rings. The van der Waals surface area contributed by atoms with Crippen molar-refractivity contribution < 1.29 is 4.79 Å². The van der Waals surface area contributed by atoms with E-state index in [1.54, 1.807) is 0 Å². The fourth-order valence-corrected chi connectivity index (χ4v) is 2.03. The number of hydrogen-bond acceptors (Lipinski definition) is 2. The van der Waals surface area contributed by atoms with Gasteiger partial charge in [-0.3, -0.25) is 4.79 Å². The molecule has 0 radical (unpaired) electrons. The van der Waals surface area contributed by atoms with Crippen molar-refractivity contribution in [3.63, 3.8) is 0 Å². The Morgan fingerprint density at radius 1 is 1.37 bits per heavy atom. The normalized spacial score (nSPS) is 11.8. The summed E-state index contributed by atoms with van der Waals surface area (Å²) < 4.78 is 0. The summed E-state index contributed by atoms with van der Waals surface area (Å²) in [6.07, 6.45) is 0. The van der Waals surface area contributed by atoms with Gasteiger partial charge in [0, 0.05) is 34.2 Å². The molecule has 0 atom stereocenters. The minimum absolute atomic E-state index is 0.0874. The number of aromatic nitrogens is 1. The predicted octanol–water partition coefficient (Wildman–Crippen LogP) is 2.25. The number of nitrogens with two attached hydrogens (primary N) is 1. The van der Waals surface area contributed by atoms with Crippen LogP contribution in [0.3, 0.4) is 0 Å². The molecule has 0 bridgehead atoms. The average molecular weight is 259 g/mol. The lowest BCUT2D eigenvalue weighted by atomic mass is 10.0. The van der Waals surface area contributed by atoms with Crippen molar-refractivity contribution in [2.24, 2.45) is 5.73 Å². The summed E-state index contributed by atoms with van der Waals surface area (Å²) >= 11 is 0. The second-order valence-electron chi connectivity index (χ2n) is 5.68. The van der Waals surface area contributed by atoms with E-state index < -0.39 is 5.54 Å². The molecule has 4 N–H and O–H groups in total. The van der Waals surface area contributed by atoms with Crippen LogP contribution in [0.1, 0.15) is 35.5 Å². The molecular weight excluding hydrogens is 238 g/mol. The number of rotatable bonds is 3. The first-order chi connectivity index (χ1) is 8.84. The van der Waals surface area contributed by atoms with Crippen LogP contribution in [0.25, 0.3) is 10.9 Å². The first-order valence-corrected chi connectivity index (χ1v) is 6.45. The molecule has 1 amide bonds. The van der Waals surface area contributed by atoms with Crippen LogP contribution < -0.4 is 11.1 Å². The van der Waals surface area contributed by atoms with Crippen LogP contribution in [0.5, 0.6) is 0 Å². The number of carbonyl (C=O) groups is 1. The van der Waals surface area contributed by atoms with E-state index in [2.05, 4.69) is 17.2 Å². The molecule has 0 saturated carbocycles. The molecule has 0 spiro atoms. The topological polar surface area (TPSA) is 70.9 Å². The molecule has 0 unspecified atom stereocenters. The maximum atomic E-state index is 12.2. The summed E-state index contributed by atoms with van der Waals surface area (Å²) in [4.78, 5) is 15.5. The SMILES string of the molecule is Cc1[nH]c2ccc(C(=O)NC(C)(C)CN)cc2c1C. The molecule has 19 heavy (non-hydrogen) atoms. The highest BCUT2D eigenvalue weighted by Crippen LogP contribution is 2.22. The molecule has 1 aromatic carbocycles. The Morgan fingerprint density at radius 2 is 2.05 bits per heavy atom. The Labute approximate surface area is 113 Å². The molecular formula is C15H21N3O. The Morgan fingerprint density at radius 3 is 2.68 bits per heavy atom. The van der Waals surface area contributed by atoms with E-state index >= 15 is 0 Å². The van der Waals surface area contributed by atoms with Gasteiger partial charge >= 0.3 is 0 Å². The number of aromatic amines is 1. The van der Waals surface area contributed by atoms with Gasteiger partial charge in [0.2, 0.25) is 0 Å². The molecule has 102 valence electrons. The summed E-state index contributed by atoms with van der Waals surface area (Å²) in [7, 11) is 0. The molecule has 2 rings (SSSR count). The Bertz CT molecular complexity index is 626. The van der Waals surface area contributed by atoms with E-state index in [0.717, 1.165) is 16.6 Å². The van der Waals surface area contributed by atoms with Gasteiger partial charge in [0.1, 0.15) is 0 Å². The van der Waals surface area contributed by atoms with Crippen LogP contribution in [-0.4, -0.2) is 23.0 Å². The average Bonchev–Trinajstić information content (AvgIpc) is 2.64. The van der Waals surface area contributed by atoms with Gasteiger partial charge in [-0.25, -0.2) is 0 Å². The van der Waals surface area contributed by atoms with Crippen LogP contribution in [0.4, 0.5) is 0 Å². The van der Waals surface area contributed by atoms with E-state index in [4.69, 9.17) is 5.73 Å². The lowest BCUT2D eigenvalue weighted by Crippen LogP contribution is -2.48. The number of carbonyl (C=O) groups excluding carboxylic acids is 1. The van der Waals surface area contributed by atoms with E-state index in [1.807, 2.05) is 39.0 Å². The van der Waals surface area contributed by atoms with Gasteiger partial charge in [0.05, 0.1) is 0 Å². The number of H-pyrrole nitrogens is 1. The molecule has 0 saturated heterocycles. The second kappa shape index (κ2) is 4.70. The molecule has 0 aliphatic carbocycles. The molecule has 0 aliphatic rings. The monoisotopic (exact) mass is 259 g/mol. The number of amides is 1. The predicted molar refractivity (Wildman–Crippen MR) is 78.4 cm³/mol. The van der Waals surface area contributed by atoms with Crippen molar-refractivity contribution >= 4 is 16.8 Å². The van der Waals surface area contributed by atoms with Gasteiger partial charge < -0.3 is 16.0 Å². The van der Waals surface area contributed by atoms with Gasteiger partial charge in [-0.2, -0.15) is 0 Å². The zero-order valence-electron chi connectivity index (χ0n) is 11.9. The maximum absolute atomic E-state index is 12.2. The minimum atomic E-state index is -0.394. The lowest BCUT2D eigenvalue weighted by Gasteiger charge is -2.24. The van der Waals surface area contributed by atoms with Gasteiger partial charge in [-0.05, 0) is 51.5 Å². The third-order valence-corrected chi connectivity index (χ3v) is 3.53. The zero-order chi connectivity index (χ0) is 14.2. The van der Waals surface area contributed by atoms with Gasteiger partial charge in [0.25, 0.3) is 5.91 Å².